The second-order valence-corrected chi connectivity index (χ2v) is 4.07. The number of aliphatic hydroxyl groups is 1. The first-order valence-corrected chi connectivity index (χ1v) is 5.09. The number of hydrogen-bond acceptors (Lipinski definition) is 6. The van der Waals surface area contributed by atoms with Crippen molar-refractivity contribution < 1.29 is 20.1 Å². The molecule has 1 atom stereocenters. The number of aromatic hydroxyl groups is 1. The molecule has 0 aliphatic rings. The minimum absolute atomic E-state index is 0.236. The minimum atomic E-state index is -1.61. The molecule has 0 aliphatic carbocycles. The van der Waals surface area contributed by atoms with E-state index in [2.05, 4.69) is 15.9 Å². The maximum Gasteiger partial charge on any atom is 0.312 e. The van der Waals surface area contributed by atoms with Gasteiger partial charge in [-0.25, -0.2) is 0 Å². The predicted octanol–water partition coefficient (Wildman–Crippen LogP) is 1.37. The first-order chi connectivity index (χ1) is 7.82. The molecular weight excluding hydrogens is 300 g/mol. The molecule has 17 heavy (non-hydrogen) atoms. The number of halogens is 1. The maximum absolute atomic E-state index is 10.6. The zero-order valence-corrected chi connectivity index (χ0v) is 9.82. The molecule has 1 rings (SSSR count). The molecule has 0 radical (unpaired) electrons. The summed E-state index contributed by atoms with van der Waals surface area (Å²) >= 11 is 2.95. The highest BCUT2D eigenvalue weighted by molar-refractivity contribution is 9.10. The Kier molecular flexibility index (Phi) is 3.97. The Bertz CT molecular complexity index is 477. The summed E-state index contributed by atoms with van der Waals surface area (Å²) in [5.74, 6) is -0.771. The van der Waals surface area contributed by atoms with Crippen molar-refractivity contribution in [1.29, 1.82) is 0 Å². The molecule has 2 N–H and O–H groups in total. The highest BCUT2D eigenvalue weighted by atomic mass is 79.9. The number of phenols is 1. The van der Waals surface area contributed by atoms with E-state index in [4.69, 9.17) is 0 Å². The van der Waals surface area contributed by atoms with Crippen LogP contribution in [0.25, 0.3) is 0 Å². The van der Waals surface area contributed by atoms with Gasteiger partial charge in [-0.2, -0.15) is 0 Å². The monoisotopic (exact) mass is 306 g/mol. The second kappa shape index (κ2) is 5.06. The zero-order valence-electron chi connectivity index (χ0n) is 8.24. The summed E-state index contributed by atoms with van der Waals surface area (Å²) < 4.78 is 0.236. The summed E-state index contributed by atoms with van der Waals surface area (Å²) in [4.78, 5) is 19.2. The van der Waals surface area contributed by atoms with Crippen LogP contribution in [0.4, 0.5) is 5.69 Å². The van der Waals surface area contributed by atoms with Crippen molar-refractivity contribution in [3.05, 3.63) is 42.4 Å². The van der Waals surface area contributed by atoms with E-state index in [1.807, 2.05) is 0 Å². The fourth-order valence-corrected chi connectivity index (χ4v) is 1.70. The standard InChI is InChI=1S/C8H7BrN2O6/c9-4-1-5(7(12)3-10(14)15)8(13)6(2-4)11(16)17/h1-2,7,12-13H,3H2. The zero-order chi connectivity index (χ0) is 13.2. The van der Waals surface area contributed by atoms with Crippen molar-refractivity contribution in [3.8, 4) is 5.75 Å². The smallest absolute Gasteiger partial charge is 0.312 e. The summed E-state index contributed by atoms with van der Waals surface area (Å²) in [7, 11) is 0. The van der Waals surface area contributed by atoms with Crippen LogP contribution in [0.15, 0.2) is 16.6 Å². The Hall–Kier alpha value is -1.74. The Morgan fingerprint density at radius 2 is 1.94 bits per heavy atom. The van der Waals surface area contributed by atoms with Crippen LogP contribution in [0, 0.1) is 20.2 Å². The number of nitrogens with zero attached hydrogens (tertiary/aromatic N) is 2. The number of hydrogen-bond donors (Lipinski definition) is 2. The third-order valence-corrected chi connectivity index (χ3v) is 2.42. The summed E-state index contributed by atoms with van der Waals surface area (Å²) in [5, 5.41) is 39.8. The van der Waals surface area contributed by atoms with Gasteiger partial charge in [-0.15, -0.1) is 0 Å². The molecule has 0 spiro atoms. The SMILES string of the molecule is O=[N+]([O-])CC(O)c1cc(Br)cc([N+](=O)[O-])c1O. The Morgan fingerprint density at radius 3 is 2.41 bits per heavy atom. The summed E-state index contributed by atoms with van der Waals surface area (Å²) in [6.07, 6.45) is -1.61. The lowest BCUT2D eigenvalue weighted by Crippen LogP contribution is -2.12. The van der Waals surface area contributed by atoms with E-state index in [0.29, 0.717) is 0 Å². The van der Waals surface area contributed by atoms with Crippen molar-refractivity contribution in [2.24, 2.45) is 0 Å². The van der Waals surface area contributed by atoms with Gasteiger partial charge in [-0.05, 0) is 6.07 Å². The fraction of sp³-hybridized carbons (Fsp3) is 0.250. The highest BCUT2D eigenvalue weighted by Crippen LogP contribution is 2.36. The minimum Gasteiger partial charge on any atom is -0.502 e. The molecule has 1 aromatic rings. The van der Waals surface area contributed by atoms with Gasteiger partial charge in [0.05, 0.1) is 4.92 Å². The van der Waals surface area contributed by atoms with Gasteiger partial charge in [0.1, 0.15) is 6.10 Å². The van der Waals surface area contributed by atoms with Crippen LogP contribution in [0.1, 0.15) is 11.7 Å². The summed E-state index contributed by atoms with van der Waals surface area (Å²) in [5.41, 5.74) is -0.889. The lowest BCUT2D eigenvalue weighted by atomic mass is 10.1. The average molecular weight is 307 g/mol. The van der Waals surface area contributed by atoms with Gasteiger partial charge in [0, 0.05) is 21.0 Å². The number of nitro groups is 2. The molecule has 1 unspecified atom stereocenters. The Morgan fingerprint density at radius 1 is 1.35 bits per heavy atom. The summed E-state index contributed by atoms with van der Waals surface area (Å²) in [6, 6.07) is 2.23. The lowest BCUT2D eigenvalue weighted by molar-refractivity contribution is -0.491. The molecule has 0 aliphatic heterocycles. The number of phenolic OH excluding ortho intramolecular Hbond substituents is 1. The van der Waals surface area contributed by atoms with Crippen LogP contribution in [0.2, 0.25) is 0 Å². The van der Waals surface area contributed by atoms with Gasteiger partial charge in [0.2, 0.25) is 12.3 Å². The molecule has 0 heterocycles. The molecular formula is C8H7BrN2O6. The van der Waals surface area contributed by atoms with Gasteiger partial charge in [-0.3, -0.25) is 20.2 Å². The molecule has 0 saturated heterocycles. The van der Waals surface area contributed by atoms with E-state index >= 15 is 0 Å². The molecule has 8 nitrogen and oxygen atoms in total. The van der Waals surface area contributed by atoms with Crippen LogP contribution < -0.4 is 0 Å². The van der Waals surface area contributed by atoms with Gasteiger partial charge >= 0.3 is 5.69 Å². The topological polar surface area (TPSA) is 127 Å². The van der Waals surface area contributed by atoms with Crippen LogP contribution in [0.5, 0.6) is 5.75 Å². The Labute approximate surface area is 103 Å². The van der Waals surface area contributed by atoms with E-state index in [1.54, 1.807) is 0 Å². The fourth-order valence-electron chi connectivity index (χ4n) is 1.24. The number of benzene rings is 1. The number of nitro benzene ring substituents is 1. The van der Waals surface area contributed by atoms with Crippen molar-refractivity contribution in [2.75, 3.05) is 6.54 Å². The van der Waals surface area contributed by atoms with E-state index in [9.17, 15) is 30.4 Å². The molecule has 92 valence electrons. The van der Waals surface area contributed by atoms with Crippen LogP contribution in [-0.2, 0) is 0 Å². The van der Waals surface area contributed by atoms with Crippen LogP contribution in [-0.4, -0.2) is 26.6 Å². The molecule has 0 bridgehead atoms. The molecule has 1 aromatic carbocycles. The molecule has 0 saturated carbocycles. The highest BCUT2D eigenvalue weighted by Gasteiger charge is 2.25. The van der Waals surface area contributed by atoms with Crippen molar-refractivity contribution in [3.63, 3.8) is 0 Å². The van der Waals surface area contributed by atoms with Crippen LogP contribution in [0.3, 0.4) is 0 Å². The van der Waals surface area contributed by atoms with Crippen molar-refractivity contribution in [2.45, 2.75) is 6.10 Å². The number of aliphatic hydroxyl groups excluding tert-OH is 1. The summed E-state index contributed by atoms with van der Waals surface area (Å²) in [6.45, 7) is -0.846. The predicted molar refractivity (Wildman–Crippen MR) is 59.3 cm³/mol. The van der Waals surface area contributed by atoms with E-state index in [1.165, 1.54) is 6.07 Å². The first-order valence-electron chi connectivity index (χ1n) is 4.29. The third kappa shape index (κ3) is 3.11. The van der Waals surface area contributed by atoms with E-state index in [-0.39, 0.29) is 10.0 Å². The lowest BCUT2D eigenvalue weighted by Gasteiger charge is -2.09. The van der Waals surface area contributed by atoms with E-state index in [0.717, 1.165) is 6.07 Å². The molecule has 9 heteroatoms. The second-order valence-electron chi connectivity index (χ2n) is 3.15. The maximum atomic E-state index is 10.6. The van der Waals surface area contributed by atoms with Crippen molar-refractivity contribution in [1.82, 2.24) is 0 Å². The number of rotatable bonds is 4. The third-order valence-electron chi connectivity index (χ3n) is 1.96. The largest absolute Gasteiger partial charge is 0.502 e. The molecule has 0 fully saturated rings. The normalized spacial score (nSPS) is 12.1. The van der Waals surface area contributed by atoms with E-state index < -0.39 is 33.9 Å². The van der Waals surface area contributed by atoms with Crippen molar-refractivity contribution >= 4 is 21.6 Å². The Balaban J connectivity index is 3.24. The quantitative estimate of drug-likeness (QED) is 0.639. The molecule has 0 aromatic heterocycles. The molecule has 0 amide bonds. The van der Waals surface area contributed by atoms with Gasteiger partial charge in [-0.1, -0.05) is 15.9 Å². The first kappa shape index (κ1) is 13.3. The van der Waals surface area contributed by atoms with Gasteiger partial charge in [0.15, 0.2) is 0 Å². The van der Waals surface area contributed by atoms with Crippen LogP contribution >= 0.6 is 15.9 Å². The van der Waals surface area contributed by atoms with Gasteiger partial charge < -0.3 is 10.2 Å². The van der Waals surface area contributed by atoms with Gasteiger partial charge in [0.25, 0.3) is 0 Å². The average Bonchev–Trinajstić information content (AvgIpc) is 2.19.